The highest BCUT2D eigenvalue weighted by atomic mass is 15.2. The van der Waals surface area contributed by atoms with Crippen LogP contribution in [0.25, 0.3) is 0 Å². The van der Waals surface area contributed by atoms with Gasteiger partial charge in [0.1, 0.15) is 0 Å². The standard InChI is InChI=1S/C23H25N/c1-16-19-12-6-5-9-17(19)15-21-20-13-7-8-14-22(20)24(23(16)21)18-10-3-2-4-11-18/h2-3,6-8,10,12-14,17,21,23H,4-5,9,11,15H2,1H3. The second-order valence-corrected chi connectivity index (χ2v) is 7.66. The molecule has 0 amide bonds. The normalized spacial score (nSPS) is 30.8. The fraction of sp³-hybridized carbons (Fsp3) is 0.391. The highest BCUT2D eigenvalue weighted by Crippen LogP contribution is 2.54. The van der Waals surface area contributed by atoms with Crippen LogP contribution in [-0.4, -0.2) is 6.04 Å². The minimum Gasteiger partial charge on any atom is -0.337 e. The lowest BCUT2D eigenvalue weighted by Crippen LogP contribution is -2.39. The molecule has 0 aromatic heterocycles. The smallest absolute Gasteiger partial charge is 0.0621 e. The first-order valence-electron chi connectivity index (χ1n) is 9.45. The Hall–Kier alpha value is -2.02. The Morgan fingerprint density at radius 3 is 2.88 bits per heavy atom. The molecule has 1 aromatic rings. The second-order valence-electron chi connectivity index (χ2n) is 7.66. The van der Waals surface area contributed by atoms with Gasteiger partial charge in [0.15, 0.2) is 0 Å². The Labute approximate surface area is 145 Å². The van der Waals surface area contributed by atoms with Crippen LogP contribution in [0.5, 0.6) is 0 Å². The molecule has 1 aliphatic heterocycles. The molecule has 24 heavy (non-hydrogen) atoms. The molecular formula is C23H25N. The molecule has 4 aliphatic rings. The van der Waals surface area contributed by atoms with E-state index in [1.165, 1.54) is 37.1 Å². The number of allylic oxidation sites excluding steroid dienone is 7. The number of anilines is 1. The first-order chi connectivity index (χ1) is 11.8. The highest BCUT2D eigenvalue weighted by Gasteiger charge is 2.45. The van der Waals surface area contributed by atoms with Gasteiger partial charge in [-0.3, -0.25) is 0 Å². The van der Waals surface area contributed by atoms with Crippen LogP contribution in [0.1, 0.15) is 50.5 Å². The van der Waals surface area contributed by atoms with Gasteiger partial charge >= 0.3 is 0 Å². The summed E-state index contributed by atoms with van der Waals surface area (Å²) in [5.74, 6) is 1.43. The Kier molecular flexibility index (Phi) is 3.29. The van der Waals surface area contributed by atoms with Crippen LogP contribution in [0.3, 0.4) is 0 Å². The molecule has 0 radical (unpaired) electrons. The Bertz CT molecular complexity index is 792. The highest BCUT2D eigenvalue weighted by molar-refractivity contribution is 5.69. The summed E-state index contributed by atoms with van der Waals surface area (Å²) < 4.78 is 0. The van der Waals surface area contributed by atoms with E-state index in [1.54, 1.807) is 16.7 Å². The molecule has 0 N–H and O–H groups in total. The van der Waals surface area contributed by atoms with Crippen molar-refractivity contribution in [3.8, 4) is 0 Å². The lowest BCUT2D eigenvalue weighted by molar-refractivity contribution is 0.406. The summed E-state index contributed by atoms with van der Waals surface area (Å²) in [6, 6.07) is 9.67. The van der Waals surface area contributed by atoms with Gasteiger partial charge in [0.05, 0.1) is 6.04 Å². The van der Waals surface area contributed by atoms with Crippen LogP contribution < -0.4 is 4.90 Å². The van der Waals surface area contributed by atoms with Crippen molar-refractivity contribution >= 4 is 5.69 Å². The van der Waals surface area contributed by atoms with E-state index in [0.717, 1.165) is 12.3 Å². The van der Waals surface area contributed by atoms with Crippen LogP contribution in [-0.2, 0) is 0 Å². The van der Waals surface area contributed by atoms with Crippen molar-refractivity contribution in [2.24, 2.45) is 5.92 Å². The van der Waals surface area contributed by atoms with Gasteiger partial charge in [0.2, 0.25) is 0 Å². The van der Waals surface area contributed by atoms with Gasteiger partial charge in [0.25, 0.3) is 0 Å². The van der Waals surface area contributed by atoms with Crippen molar-refractivity contribution in [2.45, 2.75) is 51.0 Å². The Morgan fingerprint density at radius 1 is 1.08 bits per heavy atom. The molecule has 0 saturated heterocycles. The third-order valence-electron chi connectivity index (χ3n) is 6.41. The molecular weight excluding hydrogens is 290 g/mol. The van der Waals surface area contributed by atoms with E-state index in [1.807, 2.05) is 0 Å². The van der Waals surface area contributed by atoms with Crippen molar-refractivity contribution in [3.05, 3.63) is 77.1 Å². The molecule has 0 saturated carbocycles. The number of rotatable bonds is 1. The molecule has 1 heteroatoms. The quantitative estimate of drug-likeness (QED) is 0.625. The van der Waals surface area contributed by atoms with Gasteiger partial charge in [-0.25, -0.2) is 0 Å². The van der Waals surface area contributed by atoms with Crippen molar-refractivity contribution in [2.75, 3.05) is 4.90 Å². The minimum atomic E-state index is 0.522. The maximum atomic E-state index is 2.67. The summed E-state index contributed by atoms with van der Waals surface area (Å²) in [6.07, 6.45) is 17.9. The number of hydrogen-bond donors (Lipinski definition) is 0. The van der Waals surface area contributed by atoms with E-state index < -0.39 is 0 Å². The van der Waals surface area contributed by atoms with Gasteiger partial charge in [-0.15, -0.1) is 0 Å². The third-order valence-corrected chi connectivity index (χ3v) is 6.41. The van der Waals surface area contributed by atoms with E-state index in [0.29, 0.717) is 12.0 Å². The van der Waals surface area contributed by atoms with E-state index in [9.17, 15) is 0 Å². The molecule has 3 aliphatic carbocycles. The summed E-state index contributed by atoms with van der Waals surface area (Å²) in [4.78, 5) is 2.67. The maximum Gasteiger partial charge on any atom is 0.0621 e. The molecule has 3 unspecified atom stereocenters. The van der Waals surface area contributed by atoms with Crippen molar-refractivity contribution in [1.82, 2.24) is 0 Å². The van der Waals surface area contributed by atoms with Gasteiger partial charge < -0.3 is 4.90 Å². The number of para-hydroxylation sites is 1. The Balaban J connectivity index is 1.68. The molecule has 1 aromatic carbocycles. The van der Waals surface area contributed by atoms with Crippen LogP contribution >= 0.6 is 0 Å². The summed E-state index contributed by atoms with van der Waals surface area (Å²) in [5, 5.41) is 0. The largest absolute Gasteiger partial charge is 0.337 e. The second kappa shape index (κ2) is 5.51. The summed E-state index contributed by atoms with van der Waals surface area (Å²) in [5.41, 5.74) is 7.77. The van der Waals surface area contributed by atoms with Crippen LogP contribution in [0.15, 0.2) is 71.5 Å². The third kappa shape index (κ3) is 2.00. The lowest BCUT2D eigenvalue weighted by Gasteiger charge is -2.41. The van der Waals surface area contributed by atoms with E-state index in [4.69, 9.17) is 0 Å². The molecule has 0 bridgehead atoms. The molecule has 1 heterocycles. The number of fused-ring (bicyclic) bond motifs is 4. The lowest BCUT2D eigenvalue weighted by atomic mass is 9.70. The minimum absolute atomic E-state index is 0.522. The monoisotopic (exact) mass is 315 g/mol. The molecule has 1 nitrogen and oxygen atoms in total. The zero-order chi connectivity index (χ0) is 16.1. The van der Waals surface area contributed by atoms with Crippen LogP contribution in [0.2, 0.25) is 0 Å². The molecule has 5 rings (SSSR count). The van der Waals surface area contributed by atoms with E-state index in [2.05, 4.69) is 66.5 Å². The van der Waals surface area contributed by atoms with Crippen LogP contribution in [0.4, 0.5) is 5.69 Å². The van der Waals surface area contributed by atoms with Crippen molar-refractivity contribution in [3.63, 3.8) is 0 Å². The predicted molar refractivity (Wildman–Crippen MR) is 101 cm³/mol. The Morgan fingerprint density at radius 2 is 2.00 bits per heavy atom. The molecule has 122 valence electrons. The summed E-state index contributed by atoms with van der Waals surface area (Å²) in [7, 11) is 0. The van der Waals surface area contributed by atoms with Crippen molar-refractivity contribution < 1.29 is 0 Å². The summed E-state index contributed by atoms with van der Waals surface area (Å²) >= 11 is 0. The average molecular weight is 315 g/mol. The van der Waals surface area contributed by atoms with Gasteiger partial charge in [-0.1, -0.05) is 42.5 Å². The van der Waals surface area contributed by atoms with Gasteiger partial charge in [-0.2, -0.15) is 0 Å². The number of nitrogens with zero attached hydrogens (tertiary/aromatic N) is 1. The SMILES string of the molecule is CC1=C2C=CCCC2CC2c3ccccc3N(C3=CC=CCC3)C12. The zero-order valence-corrected chi connectivity index (χ0v) is 14.4. The van der Waals surface area contributed by atoms with E-state index in [-0.39, 0.29) is 0 Å². The molecule has 0 spiro atoms. The predicted octanol–water partition coefficient (Wildman–Crippen LogP) is 5.88. The topological polar surface area (TPSA) is 3.24 Å². The number of hydrogen-bond acceptors (Lipinski definition) is 1. The summed E-state index contributed by atoms with van der Waals surface area (Å²) in [6.45, 7) is 2.40. The molecule has 0 fully saturated rings. The number of benzene rings is 1. The van der Waals surface area contributed by atoms with Gasteiger partial charge in [-0.05, 0) is 73.8 Å². The van der Waals surface area contributed by atoms with Gasteiger partial charge in [0, 0.05) is 17.3 Å². The van der Waals surface area contributed by atoms with Crippen LogP contribution in [0, 0.1) is 5.92 Å². The first kappa shape index (κ1) is 14.3. The average Bonchev–Trinajstić information content (AvgIpc) is 2.98. The fourth-order valence-electron chi connectivity index (χ4n) is 5.37. The fourth-order valence-corrected chi connectivity index (χ4v) is 5.37. The zero-order valence-electron chi connectivity index (χ0n) is 14.4. The van der Waals surface area contributed by atoms with E-state index >= 15 is 0 Å². The van der Waals surface area contributed by atoms with Crippen molar-refractivity contribution in [1.29, 1.82) is 0 Å². The first-order valence-corrected chi connectivity index (χ1v) is 9.45. The maximum absolute atomic E-state index is 2.67. The molecule has 3 atom stereocenters.